The van der Waals surface area contributed by atoms with Crippen LogP contribution in [-0.4, -0.2) is 23.8 Å². The molecule has 1 fully saturated rings. The van der Waals surface area contributed by atoms with E-state index in [1.54, 1.807) is 24.3 Å². The molecule has 154 valence electrons. The zero-order valence-electron chi connectivity index (χ0n) is 17.4. The maximum absolute atomic E-state index is 12.9. The maximum Gasteiger partial charge on any atom is 0.247 e. The van der Waals surface area contributed by atoms with Crippen LogP contribution in [0.4, 0.5) is 11.4 Å². The third-order valence-corrected chi connectivity index (χ3v) is 5.65. The molecule has 2 rings (SSSR count). The number of benzene rings is 1. The Bertz CT molecular complexity index is 679. The molecule has 1 aromatic rings. The van der Waals surface area contributed by atoms with Crippen LogP contribution in [0.25, 0.3) is 0 Å². The lowest BCUT2D eigenvalue weighted by molar-refractivity contribution is -0.131. The monoisotopic (exact) mass is 387 g/mol. The highest BCUT2D eigenvalue weighted by Crippen LogP contribution is 2.28. The van der Waals surface area contributed by atoms with Crippen molar-refractivity contribution in [3.63, 3.8) is 0 Å². The lowest BCUT2D eigenvalue weighted by Crippen LogP contribution is -2.49. The second-order valence-corrected chi connectivity index (χ2v) is 8.08. The van der Waals surface area contributed by atoms with Crippen molar-refractivity contribution in [2.24, 2.45) is 17.8 Å². The fourth-order valence-electron chi connectivity index (χ4n) is 3.56. The minimum absolute atomic E-state index is 0.00615. The van der Waals surface area contributed by atoms with Crippen molar-refractivity contribution in [3.8, 4) is 0 Å². The topological polar surface area (TPSA) is 87.3 Å². The van der Waals surface area contributed by atoms with E-state index in [9.17, 15) is 14.4 Å². The fraction of sp³-hybridized carbons (Fsp3) is 0.591. The van der Waals surface area contributed by atoms with E-state index in [2.05, 4.69) is 22.9 Å². The molecule has 1 aliphatic carbocycles. The number of carbonyl (C=O) groups is 3. The number of carbonyl (C=O) groups excluding carboxylic acids is 3. The molecule has 0 aliphatic heterocycles. The summed E-state index contributed by atoms with van der Waals surface area (Å²) < 4.78 is 0. The molecule has 6 nitrogen and oxygen atoms in total. The predicted octanol–water partition coefficient (Wildman–Crippen LogP) is 3.94. The van der Waals surface area contributed by atoms with E-state index in [1.807, 2.05) is 13.8 Å². The summed E-state index contributed by atoms with van der Waals surface area (Å²) >= 11 is 0. The standard InChI is InChI=1S/C22H33N3O3/c1-5-15(3)20(25-21(27)17-8-6-14(2)7-9-17)22(28)24-19-12-10-18(11-13-19)23-16(4)26/h10-15,17,20H,5-9H2,1-4H3,(H,23,26)(H,24,28)(H,25,27). The first-order chi connectivity index (χ1) is 13.3. The van der Waals surface area contributed by atoms with Crippen molar-refractivity contribution in [1.82, 2.24) is 5.32 Å². The van der Waals surface area contributed by atoms with Gasteiger partial charge in [0.25, 0.3) is 0 Å². The molecule has 2 atom stereocenters. The second-order valence-electron chi connectivity index (χ2n) is 8.08. The first kappa shape index (κ1) is 21.9. The van der Waals surface area contributed by atoms with Crippen LogP contribution in [0.1, 0.15) is 59.8 Å². The van der Waals surface area contributed by atoms with Crippen molar-refractivity contribution in [1.29, 1.82) is 0 Å². The van der Waals surface area contributed by atoms with Gasteiger partial charge in [-0.15, -0.1) is 0 Å². The SMILES string of the molecule is CCC(C)C(NC(=O)C1CCC(C)CC1)C(=O)Nc1ccc(NC(C)=O)cc1. The van der Waals surface area contributed by atoms with Gasteiger partial charge in [-0.1, -0.05) is 27.2 Å². The number of hydrogen-bond donors (Lipinski definition) is 3. The van der Waals surface area contributed by atoms with E-state index in [1.165, 1.54) is 6.92 Å². The van der Waals surface area contributed by atoms with Crippen molar-refractivity contribution < 1.29 is 14.4 Å². The highest BCUT2D eigenvalue weighted by atomic mass is 16.2. The summed E-state index contributed by atoms with van der Waals surface area (Å²) in [5.74, 6) is 0.358. The van der Waals surface area contributed by atoms with Gasteiger partial charge in [0.15, 0.2) is 0 Å². The van der Waals surface area contributed by atoms with E-state index >= 15 is 0 Å². The van der Waals surface area contributed by atoms with Crippen LogP contribution in [0.15, 0.2) is 24.3 Å². The molecule has 0 aromatic heterocycles. The molecule has 0 radical (unpaired) electrons. The molecule has 0 heterocycles. The number of rotatable bonds is 7. The van der Waals surface area contributed by atoms with Gasteiger partial charge in [0.05, 0.1) is 0 Å². The van der Waals surface area contributed by atoms with Crippen LogP contribution in [0.2, 0.25) is 0 Å². The zero-order valence-corrected chi connectivity index (χ0v) is 17.4. The summed E-state index contributed by atoms with van der Waals surface area (Å²) in [5.41, 5.74) is 1.30. The molecule has 1 saturated carbocycles. The molecule has 1 aromatic carbocycles. The van der Waals surface area contributed by atoms with Gasteiger partial charge in [-0.2, -0.15) is 0 Å². The normalized spacial score (nSPS) is 21.3. The van der Waals surface area contributed by atoms with E-state index in [-0.39, 0.29) is 29.6 Å². The van der Waals surface area contributed by atoms with Crippen molar-refractivity contribution >= 4 is 29.1 Å². The minimum Gasteiger partial charge on any atom is -0.344 e. The molecule has 0 saturated heterocycles. The fourth-order valence-corrected chi connectivity index (χ4v) is 3.56. The lowest BCUT2D eigenvalue weighted by atomic mass is 9.82. The van der Waals surface area contributed by atoms with E-state index < -0.39 is 6.04 Å². The predicted molar refractivity (Wildman–Crippen MR) is 112 cm³/mol. The van der Waals surface area contributed by atoms with Crippen LogP contribution in [0.3, 0.4) is 0 Å². The van der Waals surface area contributed by atoms with Gasteiger partial charge >= 0.3 is 0 Å². The highest BCUT2D eigenvalue weighted by molar-refractivity contribution is 5.98. The summed E-state index contributed by atoms with van der Waals surface area (Å²) in [6.45, 7) is 7.66. The summed E-state index contributed by atoms with van der Waals surface area (Å²) in [4.78, 5) is 36.7. The van der Waals surface area contributed by atoms with E-state index in [0.717, 1.165) is 32.1 Å². The quantitative estimate of drug-likeness (QED) is 0.662. The molecular formula is C22H33N3O3. The molecule has 2 unspecified atom stereocenters. The van der Waals surface area contributed by atoms with Crippen LogP contribution in [0, 0.1) is 17.8 Å². The van der Waals surface area contributed by atoms with Gasteiger partial charge in [-0.05, 0) is 61.8 Å². The van der Waals surface area contributed by atoms with Gasteiger partial charge in [-0.3, -0.25) is 14.4 Å². The maximum atomic E-state index is 12.9. The smallest absolute Gasteiger partial charge is 0.247 e. The summed E-state index contributed by atoms with van der Waals surface area (Å²) in [6, 6.07) is 6.38. The van der Waals surface area contributed by atoms with Crippen LogP contribution in [0.5, 0.6) is 0 Å². The Morgan fingerprint density at radius 2 is 1.54 bits per heavy atom. The highest BCUT2D eigenvalue weighted by Gasteiger charge is 2.30. The third kappa shape index (κ3) is 6.36. The number of anilines is 2. The molecule has 6 heteroatoms. The Labute approximate surface area is 167 Å². The van der Waals surface area contributed by atoms with Gasteiger partial charge in [0.1, 0.15) is 6.04 Å². The van der Waals surface area contributed by atoms with Gasteiger partial charge in [-0.25, -0.2) is 0 Å². The molecule has 3 amide bonds. The number of hydrogen-bond acceptors (Lipinski definition) is 3. The number of amides is 3. The Kier molecular flexibility index (Phi) is 8.03. The van der Waals surface area contributed by atoms with Crippen LogP contribution >= 0.6 is 0 Å². The van der Waals surface area contributed by atoms with Crippen molar-refractivity contribution in [2.75, 3.05) is 10.6 Å². The van der Waals surface area contributed by atoms with E-state index in [0.29, 0.717) is 17.3 Å². The zero-order chi connectivity index (χ0) is 20.7. The van der Waals surface area contributed by atoms with Crippen molar-refractivity contribution in [2.45, 2.75) is 65.8 Å². The molecular weight excluding hydrogens is 354 g/mol. The first-order valence-electron chi connectivity index (χ1n) is 10.3. The Balaban J connectivity index is 2.00. The van der Waals surface area contributed by atoms with Crippen LogP contribution in [-0.2, 0) is 14.4 Å². The molecule has 28 heavy (non-hydrogen) atoms. The summed E-state index contributed by atoms with van der Waals surface area (Å²) in [7, 11) is 0. The molecule has 3 N–H and O–H groups in total. The second kappa shape index (κ2) is 10.2. The average molecular weight is 388 g/mol. The summed E-state index contributed by atoms with van der Waals surface area (Å²) in [6.07, 6.45) is 4.72. The molecule has 0 bridgehead atoms. The van der Waals surface area contributed by atoms with Gasteiger partial charge in [0, 0.05) is 24.2 Å². The Morgan fingerprint density at radius 3 is 2.04 bits per heavy atom. The molecule has 0 spiro atoms. The Morgan fingerprint density at radius 1 is 1.00 bits per heavy atom. The third-order valence-electron chi connectivity index (χ3n) is 5.65. The van der Waals surface area contributed by atoms with E-state index in [4.69, 9.17) is 0 Å². The van der Waals surface area contributed by atoms with Crippen molar-refractivity contribution in [3.05, 3.63) is 24.3 Å². The average Bonchev–Trinajstić information content (AvgIpc) is 2.67. The largest absolute Gasteiger partial charge is 0.344 e. The molecule has 1 aliphatic rings. The van der Waals surface area contributed by atoms with Gasteiger partial charge < -0.3 is 16.0 Å². The minimum atomic E-state index is -0.563. The van der Waals surface area contributed by atoms with Gasteiger partial charge in [0.2, 0.25) is 17.7 Å². The first-order valence-corrected chi connectivity index (χ1v) is 10.3. The summed E-state index contributed by atoms with van der Waals surface area (Å²) in [5, 5.41) is 8.58. The lowest BCUT2D eigenvalue weighted by Gasteiger charge is -2.29. The Hall–Kier alpha value is -2.37. The number of nitrogens with one attached hydrogen (secondary N) is 3. The van der Waals surface area contributed by atoms with Crippen LogP contribution < -0.4 is 16.0 Å².